The van der Waals surface area contributed by atoms with Crippen molar-refractivity contribution in [2.75, 3.05) is 0 Å². The van der Waals surface area contributed by atoms with E-state index in [1.807, 2.05) is 0 Å². The minimum absolute atomic E-state index is 0.0454. The molecule has 0 bridgehead atoms. The van der Waals surface area contributed by atoms with Crippen LogP contribution < -0.4 is 0 Å². The number of hydrogen-bond donors (Lipinski definition) is 1. The first-order valence-corrected chi connectivity index (χ1v) is 5.54. The number of non-ortho nitro benzene ring substituents is 1. The highest BCUT2D eigenvalue weighted by Gasteiger charge is 2.32. The van der Waals surface area contributed by atoms with Gasteiger partial charge in [0.2, 0.25) is 0 Å². The number of nitrogens with zero attached hydrogens (tertiary/aromatic N) is 1. The summed E-state index contributed by atoms with van der Waals surface area (Å²) in [6.07, 6.45) is 1.01. The molecule has 2 atom stereocenters. The molecule has 5 nitrogen and oxygen atoms in total. The van der Waals surface area contributed by atoms with Crippen molar-refractivity contribution in [3.8, 4) is 0 Å². The molecule has 0 heterocycles. The largest absolute Gasteiger partial charge is 0.388 e. The molecule has 1 N–H and O–H groups in total. The Hall–Kier alpha value is -1.75. The maximum absolute atomic E-state index is 11.5. The van der Waals surface area contributed by atoms with Crippen molar-refractivity contribution in [1.29, 1.82) is 0 Å². The maximum atomic E-state index is 11.5. The highest BCUT2D eigenvalue weighted by atomic mass is 16.6. The smallest absolute Gasteiger partial charge is 0.269 e. The topological polar surface area (TPSA) is 80.4 Å². The Labute approximate surface area is 98.2 Å². The average molecular weight is 235 g/mol. The third-order valence-electron chi connectivity index (χ3n) is 3.16. The number of Topliss-reactive ketones (excluding diaryl/α,β-unsaturated/α-hetero) is 1. The second-order valence-electron chi connectivity index (χ2n) is 4.26. The van der Waals surface area contributed by atoms with Crippen LogP contribution in [0.15, 0.2) is 24.3 Å². The summed E-state index contributed by atoms with van der Waals surface area (Å²) in [7, 11) is 0. The van der Waals surface area contributed by atoms with Crippen LogP contribution in [-0.2, 0) is 4.79 Å². The van der Waals surface area contributed by atoms with Gasteiger partial charge in [-0.2, -0.15) is 0 Å². The number of nitro benzene ring substituents is 1. The van der Waals surface area contributed by atoms with E-state index < -0.39 is 16.9 Å². The van der Waals surface area contributed by atoms with Gasteiger partial charge in [-0.1, -0.05) is 12.1 Å². The summed E-state index contributed by atoms with van der Waals surface area (Å²) in [5, 5.41) is 20.7. The van der Waals surface area contributed by atoms with E-state index in [-0.39, 0.29) is 11.5 Å². The molecule has 1 aromatic rings. The molecule has 0 amide bonds. The second-order valence-corrected chi connectivity index (χ2v) is 4.26. The molecule has 0 aliphatic heterocycles. The molecule has 1 saturated carbocycles. The summed E-state index contributed by atoms with van der Waals surface area (Å²) >= 11 is 0. The molecule has 0 aromatic heterocycles. The van der Waals surface area contributed by atoms with Gasteiger partial charge in [0.25, 0.3) is 5.69 Å². The molecule has 2 rings (SSSR count). The number of carbonyl (C=O) groups excluding carboxylic acids is 1. The van der Waals surface area contributed by atoms with Crippen LogP contribution in [0.25, 0.3) is 0 Å². The van der Waals surface area contributed by atoms with Gasteiger partial charge in [0.1, 0.15) is 5.78 Å². The van der Waals surface area contributed by atoms with Crippen LogP contribution in [0.3, 0.4) is 0 Å². The Kier molecular flexibility index (Phi) is 3.19. The molecule has 1 fully saturated rings. The number of benzene rings is 1. The molecule has 0 radical (unpaired) electrons. The number of nitro groups is 1. The van der Waals surface area contributed by atoms with Gasteiger partial charge in [-0.3, -0.25) is 14.9 Å². The average Bonchev–Trinajstić information content (AvgIpc) is 2.74. The van der Waals surface area contributed by atoms with Crippen LogP contribution in [0.2, 0.25) is 0 Å². The Morgan fingerprint density at radius 3 is 2.82 bits per heavy atom. The Bertz CT molecular complexity index is 458. The zero-order valence-electron chi connectivity index (χ0n) is 9.20. The van der Waals surface area contributed by atoms with Crippen molar-refractivity contribution in [2.24, 2.45) is 5.92 Å². The summed E-state index contributed by atoms with van der Waals surface area (Å²) in [5.41, 5.74) is 0.381. The van der Waals surface area contributed by atoms with Gasteiger partial charge in [0.15, 0.2) is 0 Å². The summed E-state index contributed by atoms with van der Waals surface area (Å²) in [6.45, 7) is 0. The van der Waals surface area contributed by atoms with Crippen molar-refractivity contribution in [1.82, 2.24) is 0 Å². The lowest BCUT2D eigenvalue weighted by molar-refractivity contribution is -0.385. The Morgan fingerprint density at radius 1 is 1.47 bits per heavy atom. The van der Waals surface area contributed by atoms with Gasteiger partial charge in [-0.05, 0) is 18.4 Å². The molecular weight excluding hydrogens is 222 g/mol. The van der Waals surface area contributed by atoms with E-state index in [9.17, 15) is 20.0 Å². The minimum Gasteiger partial charge on any atom is -0.388 e. The molecule has 1 aliphatic rings. The lowest BCUT2D eigenvalue weighted by Crippen LogP contribution is -2.16. The van der Waals surface area contributed by atoms with Gasteiger partial charge in [0.05, 0.1) is 11.0 Å². The molecule has 5 heteroatoms. The first-order valence-electron chi connectivity index (χ1n) is 5.54. The molecule has 1 aliphatic carbocycles. The lowest BCUT2D eigenvalue weighted by Gasteiger charge is -2.16. The fourth-order valence-electron chi connectivity index (χ4n) is 2.23. The van der Waals surface area contributed by atoms with Crippen molar-refractivity contribution in [2.45, 2.75) is 25.4 Å². The zero-order valence-corrected chi connectivity index (χ0v) is 9.20. The van der Waals surface area contributed by atoms with E-state index in [1.165, 1.54) is 18.2 Å². The molecule has 0 saturated heterocycles. The Balaban J connectivity index is 2.24. The predicted molar refractivity (Wildman–Crippen MR) is 60.4 cm³/mol. The number of rotatable bonds is 3. The van der Waals surface area contributed by atoms with Crippen LogP contribution in [-0.4, -0.2) is 15.8 Å². The highest BCUT2D eigenvalue weighted by molar-refractivity contribution is 5.83. The summed E-state index contributed by atoms with van der Waals surface area (Å²) in [5.74, 6) is -0.360. The van der Waals surface area contributed by atoms with Gasteiger partial charge >= 0.3 is 0 Å². The van der Waals surface area contributed by atoms with E-state index in [0.717, 1.165) is 6.42 Å². The van der Waals surface area contributed by atoms with Gasteiger partial charge in [-0.15, -0.1) is 0 Å². The molecule has 0 unspecified atom stereocenters. The predicted octanol–water partition coefficient (Wildman–Crippen LogP) is 2.00. The standard InChI is InChI=1S/C12H13NO4/c14-11-6-2-5-10(11)12(15)8-3-1-4-9(7-8)13(16)17/h1,3-4,7,10,12,15H,2,5-6H2/t10-,12+/m1/s1. The fraction of sp³-hybridized carbons (Fsp3) is 0.417. The van der Waals surface area contributed by atoms with Crippen LogP contribution in [0.4, 0.5) is 5.69 Å². The van der Waals surface area contributed by atoms with E-state index in [4.69, 9.17) is 0 Å². The van der Waals surface area contributed by atoms with Gasteiger partial charge in [0, 0.05) is 24.5 Å². The van der Waals surface area contributed by atoms with Crippen molar-refractivity contribution in [3.63, 3.8) is 0 Å². The Morgan fingerprint density at radius 2 is 2.24 bits per heavy atom. The van der Waals surface area contributed by atoms with Crippen molar-refractivity contribution >= 4 is 11.5 Å². The number of ketones is 1. The molecule has 17 heavy (non-hydrogen) atoms. The van der Waals surface area contributed by atoms with Crippen molar-refractivity contribution in [3.05, 3.63) is 39.9 Å². The first-order chi connectivity index (χ1) is 8.09. The SMILES string of the molecule is O=C1CCC[C@H]1[C@@H](O)c1cccc([N+](=O)[O-])c1. The van der Waals surface area contributed by atoms with E-state index in [2.05, 4.69) is 0 Å². The number of aliphatic hydroxyl groups is 1. The number of hydrogen-bond acceptors (Lipinski definition) is 4. The quantitative estimate of drug-likeness (QED) is 0.641. The fourth-order valence-corrected chi connectivity index (χ4v) is 2.23. The third-order valence-corrected chi connectivity index (χ3v) is 3.16. The highest BCUT2D eigenvalue weighted by Crippen LogP contribution is 2.34. The van der Waals surface area contributed by atoms with E-state index in [0.29, 0.717) is 18.4 Å². The van der Waals surface area contributed by atoms with E-state index in [1.54, 1.807) is 6.07 Å². The van der Waals surface area contributed by atoms with Crippen molar-refractivity contribution < 1.29 is 14.8 Å². The molecule has 90 valence electrons. The normalized spacial score (nSPS) is 21.5. The van der Waals surface area contributed by atoms with Gasteiger partial charge < -0.3 is 5.11 Å². The van der Waals surface area contributed by atoms with Crippen LogP contribution in [0.1, 0.15) is 30.9 Å². The van der Waals surface area contributed by atoms with Crippen LogP contribution in [0, 0.1) is 16.0 Å². The maximum Gasteiger partial charge on any atom is 0.269 e. The minimum atomic E-state index is -0.926. The van der Waals surface area contributed by atoms with E-state index >= 15 is 0 Å². The molecule has 1 aromatic carbocycles. The van der Waals surface area contributed by atoms with Gasteiger partial charge in [-0.25, -0.2) is 0 Å². The molecular formula is C12H13NO4. The number of carbonyl (C=O) groups is 1. The summed E-state index contributed by atoms with van der Waals surface area (Å²) in [6, 6.07) is 5.84. The third kappa shape index (κ3) is 2.34. The summed E-state index contributed by atoms with van der Waals surface area (Å²) in [4.78, 5) is 21.6. The number of aliphatic hydroxyl groups excluding tert-OH is 1. The zero-order chi connectivity index (χ0) is 12.4. The second kappa shape index (κ2) is 4.63. The van der Waals surface area contributed by atoms with Crippen LogP contribution in [0.5, 0.6) is 0 Å². The molecule has 0 spiro atoms. The first kappa shape index (κ1) is 11.7. The van der Waals surface area contributed by atoms with Crippen LogP contribution >= 0.6 is 0 Å². The monoisotopic (exact) mass is 235 g/mol. The summed E-state index contributed by atoms with van der Waals surface area (Å²) < 4.78 is 0. The lowest BCUT2D eigenvalue weighted by atomic mass is 9.93.